The Morgan fingerprint density at radius 1 is 1.45 bits per heavy atom. The van der Waals surface area contributed by atoms with Crippen LogP contribution in [0.5, 0.6) is 0 Å². The van der Waals surface area contributed by atoms with Crippen LogP contribution in [0.4, 0.5) is 0 Å². The molecular formula is C15H17N3O2. The van der Waals surface area contributed by atoms with Gasteiger partial charge in [0.2, 0.25) is 5.91 Å². The van der Waals surface area contributed by atoms with Crippen LogP contribution in [0.2, 0.25) is 0 Å². The van der Waals surface area contributed by atoms with E-state index in [4.69, 9.17) is 5.26 Å². The van der Waals surface area contributed by atoms with Crippen molar-refractivity contribution in [1.29, 1.82) is 5.26 Å². The number of hydrogen-bond donors (Lipinski definition) is 1. The van der Waals surface area contributed by atoms with Crippen LogP contribution in [0.25, 0.3) is 0 Å². The van der Waals surface area contributed by atoms with Gasteiger partial charge in [-0.2, -0.15) is 5.26 Å². The number of nitrogens with zero attached hydrogens (tertiary/aromatic N) is 2. The molecule has 1 atom stereocenters. The molecule has 0 aliphatic carbocycles. The number of likely N-dealkylation sites (tertiary alicyclic amines) is 1. The van der Waals surface area contributed by atoms with Crippen molar-refractivity contribution in [2.75, 3.05) is 13.1 Å². The molecule has 1 heterocycles. The number of nitriles is 1. The van der Waals surface area contributed by atoms with Gasteiger partial charge in [0.25, 0.3) is 5.91 Å². The molecule has 1 N–H and O–H groups in total. The number of rotatable bonds is 2. The summed E-state index contributed by atoms with van der Waals surface area (Å²) >= 11 is 0. The van der Waals surface area contributed by atoms with Crippen LogP contribution in [-0.4, -0.2) is 35.8 Å². The smallest absolute Gasteiger partial charge is 0.253 e. The molecular weight excluding hydrogens is 254 g/mol. The standard InChI is InChI=1S/C15H17N3O2/c1-11(19)17-14-6-3-7-18(10-14)15(20)13-5-2-4-12(8-13)9-16/h2,4-5,8,14H,3,6-7,10H2,1H3,(H,17,19). The van der Waals surface area contributed by atoms with Crippen molar-refractivity contribution in [3.8, 4) is 6.07 Å². The van der Waals surface area contributed by atoms with E-state index in [0.717, 1.165) is 12.8 Å². The third-order valence-corrected chi connectivity index (χ3v) is 3.35. The number of piperidine rings is 1. The van der Waals surface area contributed by atoms with Crippen LogP contribution in [0.15, 0.2) is 24.3 Å². The molecule has 0 spiro atoms. The first-order chi connectivity index (χ1) is 9.60. The predicted molar refractivity (Wildman–Crippen MR) is 73.9 cm³/mol. The highest BCUT2D eigenvalue weighted by Gasteiger charge is 2.24. The Kier molecular flexibility index (Phi) is 4.36. The van der Waals surface area contributed by atoms with E-state index in [-0.39, 0.29) is 17.9 Å². The van der Waals surface area contributed by atoms with Crippen molar-refractivity contribution in [2.24, 2.45) is 0 Å². The molecule has 0 bridgehead atoms. The van der Waals surface area contributed by atoms with E-state index in [0.29, 0.717) is 24.2 Å². The molecule has 0 radical (unpaired) electrons. The highest BCUT2D eigenvalue weighted by Crippen LogP contribution is 2.14. The molecule has 0 aromatic heterocycles. The highest BCUT2D eigenvalue weighted by molar-refractivity contribution is 5.94. The molecule has 5 nitrogen and oxygen atoms in total. The minimum Gasteiger partial charge on any atom is -0.352 e. The first-order valence-electron chi connectivity index (χ1n) is 6.66. The molecule has 1 aliphatic rings. The molecule has 1 unspecified atom stereocenters. The Hall–Kier alpha value is -2.35. The van der Waals surface area contributed by atoms with E-state index in [2.05, 4.69) is 5.32 Å². The number of amides is 2. The maximum atomic E-state index is 12.4. The molecule has 20 heavy (non-hydrogen) atoms. The van der Waals surface area contributed by atoms with Crippen LogP contribution in [0, 0.1) is 11.3 Å². The molecule has 1 saturated heterocycles. The van der Waals surface area contributed by atoms with Gasteiger partial charge >= 0.3 is 0 Å². The van der Waals surface area contributed by atoms with Gasteiger partial charge in [-0.15, -0.1) is 0 Å². The summed E-state index contributed by atoms with van der Waals surface area (Å²) in [6.45, 7) is 2.69. The van der Waals surface area contributed by atoms with E-state index in [1.165, 1.54) is 6.92 Å². The van der Waals surface area contributed by atoms with Crippen molar-refractivity contribution in [2.45, 2.75) is 25.8 Å². The Morgan fingerprint density at radius 3 is 2.95 bits per heavy atom. The molecule has 1 aromatic carbocycles. The summed E-state index contributed by atoms with van der Waals surface area (Å²) in [7, 11) is 0. The summed E-state index contributed by atoms with van der Waals surface area (Å²) in [6.07, 6.45) is 1.76. The Labute approximate surface area is 118 Å². The fourth-order valence-corrected chi connectivity index (χ4v) is 2.47. The second kappa shape index (κ2) is 6.20. The second-order valence-corrected chi connectivity index (χ2v) is 4.98. The number of nitrogens with one attached hydrogen (secondary N) is 1. The van der Waals surface area contributed by atoms with Crippen molar-refractivity contribution >= 4 is 11.8 Å². The number of carbonyl (C=O) groups excluding carboxylic acids is 2. The minimum atomic E-state index is -0.0860. The molecule has 2 amide bonds. The number of carbonyl (C=O) groups is 2. The molecule has 1 fully saturated rings. The van der Waals surface area contributed by atoms with Gasteiger partial charge in [-0.05, 0) is 31.0 Å². The third kappa shape index (κ3) is 3.35. The van der Waals surface area contributed by atoms with Gasteiger partial charge < -0.3 is 10.2 Å². The van der Waals surface area contributed by atoms with Gasteiger partial charge in [-0.25, -0.2) is 0 Å². The van der Waals surface area contributed by atoms with E-state index < -0.39 is 0 Å². The lowest BCUT2D eigenvalue weighted by molar-refractivity contribution is -0.120. The van der Waals surface area contributed by atoms with Gasteiger partial charge in [0.1, 0.15) is 0 Å². The van der Waals surface area contributed by atoms with Crippen LogP contribution >= 0.6 is 0 Å². The van der Waals surface area contributed by atoms with Gasteiger partial charge in [0.05, 0.1) is 11.6 Å². The molecule has 104 valence electrons. The Morgan fingerprint density at radius 2 is 2.25 bits per heavy atom. The lowest BCUT2D eigenvalue weighted by Gasteiger charge is -2.33. The molecule has 0 saturated carbocycles. The topological polar surface area (TPSA) is 73.2 Å². The summed E-state index contributed by atoms with van der Waals surface area (Å²) < 4.78 is 0. The normalized spacial score (nSPS) is 18.2. The summed E-state index contributed by atoms with van der Waals surface area (Å²) in [5, 5.41) is 11.7. The molecule has 1 aliphatic heterocycles. The maximum absolute atomic E-state index is 12.4. The van der Waals surface area contributed by atoms with Crippen LogP contribution in [-0.2, 0) is 4.79 Å². The van der Waals surface area contributed by atoms with E-state index in [9.17, 15) is 9.59 Å². The largest absolute Gasteiger partial charge is 0.352 e. The monoisotopic (exact) mass is 271 g/mol. The second-order valence-electron chi connectivity index (χ2n) is 4.98. The maximum Gasteiger partial charge on any atom is 0.253 e. The molecule has 2 rings (SSSR count). The summed E-state index contributed by atoms with van der Waals surface area (Å²) in [6, 6.07) is 8.75. The Balaban J connectivity index is 2.08. The summed E-state index contributed by atoms with van der Waals surface area (Å²) in [4.78, 5) is 25.2. The number of hydrogen-bond acceptors (Lipinski definition) is 3. The van der Waals surface area contributed by atoms with Crippen molar-refractivity contribution in [3.63, 3.8) is 0 Å². The zero-order chi connectivity index (χ0) is 14.5. The summed E-state index contributed by atoms with van der Waals surface area (Å²) in [5.74, 6) is -0.159. The fourth-order valence-electron chi connectivity index (χ4n) is 2.47. The number of benzene rings is 1. The SMILES string of the molecule is CC(=O)NC1CCCN(C(=O)c2cccc(C#N)c2)C1. The summed E-state index contributed by atoms with van der Waals surface area (Å²) in [5.41, 5.74) is 0.999. The van der Waals surface area contributed by atoms with Gasteiger partial charge in [0.15, 0.2) is 0 Å². The first-order valence-corrected chi connectivity index (χ1v) is 6.66. The quantitative estimate of drug-likeness (QED) is 0.881. The highest BCUT2D eigenvalue weighted by atomic mass is 16.2. The van der Waals surface area contributed by atoms with Gasteiger partial charge in [-0.1, -0.05) is 6.07 Å². The fraction of sp³-hybridized carbons (Fsp3) is 0.400. The van der Waals surface area contributed by atoms with Gasteiger partial charge in [0, 0.05) is 31.6 Å². The van der Waals surface area contributed by atoms with Crippen molar-refractivity contribution in [3.05, 3.63) is 35.4 Å². The van der Waals surface area contributed by atoms with Gasteiger partial charge in [-0.3, -0.25) is 9.59 Å². The lowest BCUT2D eigenvalue weighted by atomic mass is 10.0. The zero-order valence-electron chi connectivity index (χ0n) is 11.4. The molecule has 5 heteroatoms. The zero-order valence-corrected chi connectivity index (χ0v) is 11.4. The first kappa shape index (κ1) is 14.1. The lowest BCUT2D eigenvalue weighted by Crippen LogP contribution is -2.49. The Bertz CT molecular complexity index is 562. The average Bonchev–Trinajstić information content (AvgIpc) is 2.46. The third-order valence-electron chi connectivity index (χ3n) is 3.35. The van der Waals surface area contributed by atoms with Crippen LogP contribution < -0.4 is 5.32 Å². The van der Waals surface area contributed by atoms with E-state index in [1.807, 2.05) is 6.07 Å². The van der Waals surface area contributed by atoms with E-state index >= 15 is 0 Å². The predicted octanol–water partition coefficient (Wildman–Crippen LogP) is 1.30. The van der Waals surface area contributed by atoms with Crippen LogP contribution in [0.3, 0.4) is 0 Å². The average molecular weight is 271 g/mol. The molecule has 1 aromatic rings. The minimum absolute atomic E-state index is 0.0179. The van der Waals surface area contributed by atoms with E-state index in [1.54, 1.807) is 29.2 Å². The van der Waals surface area contributed by atoms with Crippen molar-refractivity contribution in [1.82, 2.24) is 10.2 Å². The van der Waals surface area contributed by atoms with Crippen molar-refractivity contribution < 1.29 is 9.59 Å². The van der Waals surface area contributed by atoms with Crippen LogP contribution in [0.1, 0.15) is 35.7 Å².